The minimum atomic E-state index is 0.0454. The van der Waals surface area contributed by atoms with E-state index in [-0.39, 0.29) is 22.5 Å². The van der Waals surface area contributed by atoms with Crippen LogP contribution in [0.25, 0.3) is 0 Å². The topological polar surface area (TPSA) is 35.5 Å². The van der Waals surface area contributed by atoms with Crippen molar-refractivity contribution in [2.24, 2.45) is 16.7 Å². The van der Waals surface area contributed by atoms with Crippen LogP contribution in [0.15, 0.2) is 24.3 Å². The van der Waals surface area contributed by atoms with Crippen LogP contribution in [0.2, 0.25) is 0 Å². The number of ketones is 1. The summed E-state index contributed by atoms with van der Waals surface area (Å²) < 4.78 is 10.6. The van der Waals surface area contributed by atoms with E-state index in [9.17, 15) is 4.79 Å². The Morgan fingerprint density at radius 2 is 1.70 bits per heavy atom. The molecule has 0 atom stereocenters. The Morgan fingerprint density at radius 1 is 1.10 bits per heavy atom. The summed E-state index contributed by atoms with van der Waals surface area (Å²) in [7, 11) is 1.63. The summed E-state index contributed by atoms with van der Waals surface area (Å²) in [4.78, 5) is 12.8. The Bertz CT molecular complexity index is 489. The summed E-state index contributed by atoms with van der Waals surface area (Å²) >= 11 is 0. The number of methoxy groups -OCH3 is 1. The SMILES string of the molecule is COCCOc1ccccc1C(=O)C1C(C)(C)C1(C)C. The van der Waals surface area contributed by atoms with Crippen LogP contribution < -0.4 is 4.74 Å². The van der Waals surface area contributed by atoms with Crippen LogP contribution in [0, 0.1) is 16.7 Å². The van der Waals surface area contributed by atoms with Crippen LogP contribution in [-0.4, -0.2) is 26.1 Å². The van der Waals surface area contributed by atoms with Gasteiger partial charge in [-0.15, -0.1) is 0 Å². The van der Waals surface area contributed by atoms with Crippen molar-refractivity contribution in [2.45, 2.75) is 27.7 Å². The van der Waals surface area contributed by atoms with Gasteiger partial charge in [0.05, 0.1) is 12.2 Å². The van der Waals surface area contributed by atoms with Crippen molar-refractivity contribution < 1.29 is 14.3 Å². The van der Waals surface area contributed by atoms with E-state index in [4.69, 9.17) is 9.47 Å². The van der Waals surface area contributed by atoms with Gasteiger partial charge in [0.15, 0.2) is 5.78 Å². The molecule has 0 aliphatic heterocycles. The van der Waals surface area contributed by atoms with Gasteiger partial charge in [-0.05, 0) is 23.0 Å². The summed E-state index contributed by atoms with van der Waals surface area (Å²) in [6.07, 6.45) is 0. The van der Waals surface area contributed by atoms with Crippen molar-refractivity contribution in [1.29, 1.82) is 0 Å². The Hall–Kier alpha value is -1.35. The number of Topliss-reactive ketones (excluding diaryl/α,β-unsaturated/α-hetero) is 1. The maximum atomic E-state index is 12.8. The molecule has 0 aromatic heterocycles. The van der Waals surface area contributed by atoms with E-state index in [2.05, 4.69) is 27.7 Å². The summed E-state index contributed by atoms with van der Waals surface area (Å²) in [6, 6.07) is 7.49. The first-order valence-corrected chi connectivity index (χ1v) is 7.09. The average Bonchev–Trinajstić information content (AvgIpc) is 2.80. The molecule has 3 nitrogen and oxygen atoms in total. The van der Waals surface area contributed by atoms with Gasteiger partial charge in [-0.2, -0.15) is 0 Å². The maximum absolute atomic E-state index is 12.8. The van der Waals surface area contributed by atoms with Crippen molar-refractivity contribution >= 4 is 5.78 Å². The van der Waals surface area contributed by atoms with Gasteiger partial charge in [0.25, 0.3) is 0 Å². The molecule has 1 saturated carbocycles. The fourth-order valence-corrected chi connectivity index (χ4v) is 3.04. The fourth-order valence-electron chi connectivity index (χ4n) is 3.04. The van der Waals surface area contributed by atoms with Gasteiger partial charge in [-0.25, -0.2) is 0 Å². The number of hydrogen-bond acceptors (Lipinski definition) is 3. The second-order valence-corrected chi connectivity index (χ2v) is 6.58. The third-order valence-electron chi connectivity index (χ3n) is 4.98. The Morgan fingerprint density at radius 3 is 2.25 bits per heavy atom. The first-order valence-electron chi connectivity index (χ1n) is 7.09. The molecule has 0 bridgehead atoms. The molecular weight excluding hydrogens is 252 g/mol. The smallest absolute Gasteiger partial charge is 0.170 e. The number of benzene rings is 1. The lowest BCUT2D eigenvalue weighted by molar-refractivity contribution is 0.0937. The molecule has 1 aromatic carbocycles. The molecule has 1 aromatic rings. The van der Waals surface area contributed by atoms with E-state index in [0.29, 0.717) is 24.5 Å². The van der Waals surface area contributed by atoms with Gasteiger partial charge >= 0.3 is 0 Å². The highest BCUT2D eigenvalue weighted by atomic mass is 16.5. The number of carbonyl (C=O) groups excluding carboxylic acids is 1. The molecule has 0 amide bonds. The van der Waals surface area contributed by atoms with Gasteiger partial charge < -0.3 is 9.47 Å². The van der Waals surface area contributed by atoms with E-state index in [1.807, 2.05) is 24.3 Å². The van der Waals surface area contributed by atoms with Gasteiger partial charge in [0, 0.05) is 13.0 Å². The van der Waals surface area contributed by atoms with E-state index < -0.39 is 0 Å². The Balaban J connectivity index is 2.19. The lowest BCUT2D eigenvalue weighted by Crippen LogP contribution is -2.12. The zero-order valence-electron chi connectivity index (χ0n) is 13.0. The first kappa shape index (κ1) is 15.0. The van der Waals surface area contributed by atoms with Crippen LogP contribution in [0.1, 0.15) is 38.1 Å². The molecule has 1 aliphatic rings. The summed E-state index contributed by atoms with van der Waals surface area (Å²) in [6.45, 7) is 9.60. The second-order valence-electron chi connectivity index (χ2n) is 6.58. The predicted octanol–water partition coefficient (Wildman–Crippen LogP) is 3.58. The van der Waals surface area contributed by atoms with Crippen molar-refractivity contribution in [3.63, 3.8) is 0 Å². The minimum absolute atomic E-state index is 0.0454. The molecule has 2 rings (SSSR count). The quantitative estimate of drug-likeness (QED) is 0.588. The molecule has 0 spiro atoms. The highest BCUT2D eigenvalue weighted by Gasteiger charge is 2.68. The van der Waals surface area contributed by atoms with Gasteiger partial charge in [0.1, 0.15) is 12.4 Å². The molecule has 0 unspecified atom stereocenters. The van der Waals surface area contributed by atoms with E-state index in [1.165, 1.54) is 0 Å². The second kappa shape index (κ2) is 5.21. The number of para-hydroxylation sites is 1. The molecule has 1 aliphatic carbocycles. The average molecular weight is 276 g/mol. The molecule has 0 radical (unpaired) electrons. The van der Waals surface area contributed by atoms with Gasteiger partial charge in [-0.1, -0.05) is 39.8 Å². The van der Waals surface area contributed by atoms with Gasteiger partial charge in [-0.3, -0.25) is 4.79 Å². The first-order chi connectivity index (χ1) is 9.34. The zero-order valence-corrected chi connectivity index (χ0v) is 13.0. The fraction of sp³-hybridized carbons (Fsp3) is 0.588. The largest absolute Gasteiger partial charge is 0.490 e. The summed E-state index contributed by atoms with van der Waals surface area (Å²) in [5, 5.41) is 0. The number of ether oxygens (including phenoxy) is 2. The predicted molar refractivity (Wildman–Crippen MR) is 79.2 cm³/mol. The lowest BCUT2D eigenvalue weighted by atomic mass is 10.0. The maximum Gasteiger partial charge on any atom is 0.170 e. The van der Waals surface area contributed by atoms with Crippen LogP contribution >= 0.6 is 0 Å². The molecule has 0 N–H and O–H groups in total. The monoisotopic (exact) mass is 276 g/mol. The van der Waals surface area contributed by atoms with Crippen molar-refractivity contribution in [1.82, 2.24) is 0 Å². The number of hydrogen-bond donors (Lipinski definition) is 0. The molecule has 110 valence electrons. The number of rotatable bonds is 6. The van der Waals surface area contributed by atoms with E-state index >= 15 is 0 Å². The third kappa shape index (κ3) is 2.35. The van der Waals surface area contributed by atoms with E-state index in [1.54, 1.807) is 7.11 Å². The standard InChI is InChI=1S/C17H24O3/c1-16(2)15(17(16,3)4)14(18)12-8-6-7-9-13(12)20-11-10-19-5/h6-9,15H,10-11H2,1-5H3. The van der Waals surface area contributed by atoms with Crippen LogP contribution in [0.3, 0.4) is 0 Å². The van der Waals surface area contributed by atoms with Crippen LogP contribution in [0.5, 0.6) is 5.75 Å². The Labute approximate surface area is 121 Å². The molecular formula is C17H24O3. The zero-order chi connectivity index (χ0) is 15.0. The normalized spacial score (nSPS) is 19.6. The van der Waals surface area contributed by atoms with Crippen molar-refractivity contribution in [2.75, 3.05) is 20.3 Å². The lowest BCUT2D eigenvalue weighted by Gasteiger charge is -2.11. The minimum Gasteiger partial charge on any atom is -0.490 e. The van der Waals surface area contributed by atoms with E-state index in [0.717, 1.165) is 0 Å². The van der Waals surface area contributed by atoms with Crippen molar-refractivity contribution in [3.05, 3.63) is 29.8 Å². The highest BCUT2D eigenvalue weighted by Crippen LogP contribution is 2.69. The summed E-state index contributed by atoms with van der Waals surface area (Å²) in [5.74, 6) is 0.906. The van der Waals surface area contributed by atoms with Gasteiger partial charge in [0.2, 0.25) is 0 Å². The molecule has 20 heavy (non-hydrogen) atoms. The number of carbonyl (C=O) groups is 1. The third-order valence-corrected chi connectivity index (χ3v) is 4.98. The van der Waals surface area contributed by atoms with Crippen molar-refractivity contribution in [3.8, 4) is 5.75 Å². The highest BCUT2D eigenvalue weighted by molar-refractivity contribution is 6.03. The molecule has 1 fully saturated rings. The Kier molecular flexibility index (Phi) is 3.92. The molecule has 0 heterocycles. The molecule has 0 saturated heterocycles. The molecule has 3 heteroatoms. The van der Waals surface area contributed by atoms with Crippen LogP contribution in [0.4, 0.5) is 0 Å². The van der Waals surface area contributed by atoms with Crippen LogP contribution in [-0.2, 0) is 4.74 Å². The summed E-state index contributed by atoms with van der Waals surface area (Å²) in [5.41, 5.74) is 0.778.